The van der Waals surface area contributed by atoms with E-state index < -0.39 is 0 Å². The average molecular weight is 332 g/mol. The van der Waals surface area contributed by atoms with Gasteiger partial charge in [0.1, 0.15) is 0 Å². The van der Waals surface area contributed by atoms with Gasteiger partial charge in [-0.3, -0.25) is 4.79 Å². The van der Waals surface area contributed by atoms with Gasteiger partial charge in [-0.2, -0.15) is 0 Å². The van der Waals surface area contributed by atoms with Crippen LogP contribution in [0.4, 0.5) is 17.1 Å². The molecule has 1 saturated heterocycles. The van der Waals surface area contributed by atoms with Crippen molar-refractivity contribution < 1.29 is 4.79 Å². The fraction of sp³-hybridized carbons (Fsp3) is 0.278. The number of benzene rings is 2. The van der Waals surface area contributed by atoms with Crippen molar-refractivity contribution in [3.63, 3.8) is 0 Å². The molecule has 0 unspecified atom stereocenters. The van der Waals surface area contributed by atoms with E-state index in [-0.39, 0.29) is 24.2 Å². The van der Waals surface area contributed by atoms with Crippen LogP contribution in [0.15, 0.2) is 54.6 Å². The summed E-state index contributed by atoms with van der Waals surface area (Å²) < 4.78 is 0. The predicted molar refractivity (Wildman–Crippen MR) is 97.6 cm³/mol. The molecule has 1 heterocycles. The van der Waals surface area contributed by atoms with Gasteiger partial charge >= 0.3 is 0 Å². The molecule has 2 aromatic carbocycles. The highest BCUT2D eigenvalue weighted by molar-refractivity contribution is 5.92. The third-order valence-electron chi connectivity index (χ3n) is 3.92. The van der Waals surface area contributed by atoms with Gasteiger partial charge in [-0.1, -0.05) is 18.2 Å². The molecule has 3 N–H and O–H groups in total. The van der Waals surface area contributed by atoms with Gasteiger partial charge in [0.05, 0.1) is 0 Å². The summed E-state index contributed by atoms with van der Waals surface area (Å²) in [5, 5.41) is 9.61. The Kier molecular flexibility index (Phi) is 6.44. The van der Waals surface area contributed by atoms with Crippen molar-refractivity contribution in [1.82, 2.24) is 5.32 Å². The molecule has 0 saturated carbocycles. The molecule has 0 spiro atoms. The van der Waals surface area contributed by atoms with Gasteiger partial charge in [-0.15, -0.1) is 12.4 Å². The standard InChI is InChI=1S/C18H21N3O.ClH/c22-18(14-10-12-19-13-11-14)21-17-8-6-16(7-9-17)20-15-4-2-1-3-5-15;/h1-9,14,19-20H,10-13H2,(H,21,22);1H. The molecular formula is C18H22ClN3O. The number of nitrogens with one attached hydrogen (secondary N) is 3. The smallest absolute Gasteiger partial charge is 0.227 e. The monoisotopic (exact) mass is 331 g/mol. The lowest BCUT2D eigenvalue weighted by atomic mass is 9.97. The molecule has 23 heavy (non-hydrogen) atoms. The number of hydrogen-bond acceptors (Lipinski definition) is 3. The number of rotatable bonds is 4. The minimum absolute atomic E-state index is 0. The number of hydrogen-bond donors (Lipinski definition) is 3. The molecule has 1 amide bonds. The van der Waals surface area contributed by atoms with Gasteiger partial charge in [0, 0.05) is 23.0 Å². The average Bonchev–Trinajstić information content (AvgIpc) is 2.58. The molecular weight excluding hydrogens is 310 g/mol. The minimum atomic E-state index is 0. The Bertz CT molecular complexity index is 610. The van der Waals surface area contributed by atoms with Crippen LogP contribution >= 0.6 is 12.4 Å². The summed E-state index contributed by atoms with van der Waals surface area (Å²) >= 11 is 0. The lowest BCUT2D eigenvalue weighted by Crippen LogP contribution is -2.34. The minimum Gasteiger partial charge on any atom is -0.356 e. The SMILES string of the molecule is Cl.O=C(Nc1ccc(Nc2ccccc2)cc1)C1CCNCC1. The third-order valence-corrected chi connectivity index (χ3v) is 3.92. The zero-order chi connectivity index (χ0) is 15.2. The lowest BCUT2D eigenvalue weighted by molar-refractivity contribution is -0.120. The summed E-state index contributed by atoms with van der Waals surface area (Å²) in [4.78, 5) is 12.2. The summed E-state index contributed by atoms with van der Waals surface area (Å²) in [6, 6.07) is 17.8. The van der Waals surface area contributed by atoms with E-state index in [1.807, 2.05) is 54.6 Å². The topological polar surface area (TPSA) is 53.2 Å². The van der Waals surface area contributed by atoms with E-state index in [9.17, 15) is 4.79 Å². The fourth-order valence-electron chi connectivity index (χ4n) is 2.65. The number of carbonyl (C=O) groups excluding carboxylic acids is 1. The van der Waals surface area contributed by atoms with Crippen LogP contribution < -0.4 is 16.0 Å². The summed E-state index contributed by atoms with van der Waals surface area (Å²) in [5.41, 5.74) is 2.90. The molecule has 122 valence electrons. The molecule has 3 rings (SSSR count). The van der Waals surface area contributed by atoms with Crippen molar-refractivity contribution in [2.75, 3.05) is 23.7 Å². The number of piperidine rings is 1. The largest absolute Gasteiger partial charge is 0.356 e. The van der Waals surface area contributed by atoms with Crippen LogP contribution in [0.5, 0.6) is 0 Å². The summed E-state index contributed by atoms with van der Waals surface area (Å²) in [6.45, 7) is 1.86. The van der Waals surface area contributed by atoms with Gasteiger partial charge in [-0.05, 0) is 62.3 Å². The number of amides is 1. The van der Waals surface area contributed by atoms with Crippen LogP contribution in [0, 0.1) is 5.92 Å². The second-order valence-electron chi connectivity index (χ2n) is 5.58. The second-order valence-corrected chi connectivity index (χ2v) is 5.58. The van der Waals surface area contributed by atoms with Crippen LogP contribution in [0.1, 0.15) is 12.8 Å². The molecule has 0 aliphatic carbocycles. The first-order chi connectivity index (χ1) is 10.8. The Labute approximate surface area is 143 Å². The van der Waals surface area contributed by atoms with Gasteiger partial charge in [-0.25, -0.2) is 0 Å². The summed E-state index contributed by atoms with van der Waals surface area (Å²) in [7, 11) is 0. The first kappa shape index (κ1) is 17.3. The maximum Gasteiger partial charge on any atom is 0.227 e. The van der Waals surface area contributed by atoms with Gasteiger partial charge in [0.25, 0.3) is 0 Å². The Morgan fingerprint density at radius 2 is 1.43 bits per heavy atom. The zero-order valence-corrected chi connectivity index (χ0v) is 13.7. The van der Waals surface area contributed by atoms with Crippen molar-refractivity contribution in [3.05, 3.63) is 54.6 Å². The van der Waals surface area contributed by atoms with E-state index in [1.54, 1.807) is 0 Å². The van der Waals surface area contributed by atoms with Crippen LogP contribution in [0.3, 0.4) is 0 Å². The molecule has 0 bridgehead atoms. The normalized spacial score (nSPS) is 14.6. The van der Waals surface area contributed by atoms with Crippen LogP contribution in [-0.4, -0.2) is 19.0 Å². The van der Waals surface area contributed by atoms with Crippen molar-refractivity contribution in [2.24, 2.45) is 5.92 Å². The summed E-state index contributed by atoms with van der Waals surface area (Å²) in [6.07, 6.45) is 1.83. The van der Waals surface area contributed by atoms with Crippen LogP contribution in [0.25, 0.3) is 0 Å². The molecule has 0 aromatic heterocycles. The molecule has 5 heteroatoms. The maximum absolute atomic E-state index is 12.2. The lowest BCUT2D eigenvalue weighted by Gasteiger charge is -2.21. The number of carbonyl (C=O) groups is 1. The Balaban J connectivity index is 0.00000192. The predicted octanol–water partition coefficient (Wildman–Crippen LogP) is 3.79. The van der Waals surface area contributed by atoms with Gasteiger partial charge < -0.3 is 16.0 Å². The fourth-order valence-corrected chi connectivity index (χ4v) is 2.65. The number of anilines is 3. The number of halogens is 1. The van der Waals surface area contributed by atoms with E-state index in [0.717, 1.165) is 43.0 Å². The van der Waals surface area contributed by atoms with Crippen molar-refractivity contribution >= 4 is 35.4 Å². The third kappa shape index (κ3) is 4.98. The Morgan fingerprint density at radius 3 is 2.09 bits per heavy atom. The number of para-hydroxylation sites is 1. The molecule has 1 fully saturated rings. The molecule has 2 aromatic rings. The maximum atomic E-state index is 12.2. The van der Waals surface area contributed by atoms with Gasteiger partial charge in [0.15, 0.2) is 0 Å². The van der Waals surface area contributed by atoms with Gasteiger partial charge in [0.2, 0.25) is 5.91 Å². The highest BCUT2D eigenvalue weighted by Gasteiger charge is 2.20. The highest BCUT2D eigenvalue weighted by Crippen LogP contribution is 2.20. The van der Waals surface area contributed by atoms with E-state index in [4.69, 9.17) is 0 Å². The Hall–Kier alpha value is -2.04. The van der Waals surface area contributed by atoms with Crippen LogP contribution in [-0.2, 0) is 4.79 Å². The molecule has 0 atom stereocenters. The Morgan fingerprint density at radius 1 is 0.870 bits per heavy atom. The second kappa shape index (κ2) is 8.56. The van der Waals surface area contributed by atoms with E-state index >= 15 is 0 Å². The van der Waals surface area contributed by atoms with Crippen molar-refractivity contribution in [1.29, 1.82) is 0 Å². The molecule has 1 aliphatic heterocycles. The summed E-state index contributed by atoms with van der Waals surface area (Å²) in [5.74, 6) is 0.258. The quantitative estimate of drug-likeness (QED) is 0.799. The first-order valence-electron chi connectivity index (χ1n) is 7.75. The first-order valence-corrected chi connectivity index (χ1v) is 7.75. The van der Waals surface area contributed by atoms with Crippen molar-refractivity contribution in [3.8, 4) is 0 Å². The van der Waals surface area contributed by atoms with E-state index in [1.165, 1.54) is 0 Å². The zero-order valence-electron chi connectivity index (χ0n) is 12.9. The molecule has 4 nitrogen and oxygen atoms in total. The molecule has 0 radical (unpaired) electrons. The molecule has 1 aliphatic rings. The van der Waals surface area contributed by atoms with Crippen molar-refractivity contribution in [2.45, 2.75) is 12.8 Å². The van der Waals surface area contributed by atoms with Crippen LogP contribution in [0.2, 0.25) is 0 Å². The highest BCUT2D eigenvalue weighted by atomic mass is 35.5. The van der Waals surface area contributed by atoms with E-state index in [0.29, 0.717) is 0 Å². The van der Waals surface area contributed by atoms with E-state index in [2.05, 4.69) is 16.0 Å².